The molecule has 0 saturated carbocycles. The molecule has 0 unspecified atom stereocenters. The van der Waals surface area contributed by atoms with E-state index in [1.165, 1.54) is 6.08 Å². The van der Waals surface area contributed by atoms with Gasteiger partial charge in [0.05, 0.1) is 11.5 Å². The highest BCUT2D eigenvalue weighted by atomic mass is 32.2. The Kier molecular flexibility index (Phi) is 2.14. The van der Waals surface area contributed by atoms with Gasteiger partial charge in [-0.25, -0.2) is 8.42 Å². The van der Waals surface area contributed by atoms with Gasteiger partial charge in [0, 0.05) is 12.6 Å². The van der Waals surface area contributed by atoms with E-state index < -0.39 is 9.84 Å². The first-order valence-corrected chi connectivity index (χ1v) is 6.49. The first-order valence-electron chi connectivity index (χ1n) is 4.67. The van der Waals surface area contributed by atoms with Gasteiger partial charge in [-0.15, -0.1) is 0 Å². The van der Waals surface area contributed by atoms with Crippen LogP contribution in [0.5, 0.6) is 0 Å². The summed E-state index contributed by atoms with van der Waals surface area (Å²) in [6.07, 6.45) is 2.07. The van der Waals surface area contributed by atoms with E-state index in [1.807, 2.05) is 0 Å². The summed E-state index contributed by atoms with van der Waals surface area (Å²) in [6.45, 7) is 4.09. The summed E-state index contributed by atoms with van der Waals surface area (Å²) >= 11 is 0. The maximum Gasteiger partial charge on any atom is 0.246 e. The van der Waals surface area contributed by atoms with Crippen molar-refractivity contribution in [1.82, 2.24) is 4.90 Å². The van der Waals surface area contributed by atoms with Crippen molar-refractivity contribution in [3.8, 4) is 0 Å². The van der Waals surface area contributed by atoms with E-state index in [1.54, 1.807) is 4.90 Å². The van der Waals surface area contributed by atoms with Crippen LogP contribution in [0, 0.1) is 5.92 Å². The number of carbonyl (C=O) groups excluding carboxylic acids is 1. The lowest BCUT2D eigenvalue weighted by molar-refractivity contribution is -0.126. The third-order valence-corrected chi connectivity index (χ3v) is 4.82. The number of rotatable bonds is 1. The summed E-state index contributed by atoms with van der Waals surface area (Å²) in [7, 11) is -2.91. The maximum atomic E-state index is 11.4. The molecule has 0 aromatic heterocycles. The molecule has 2 saturated heterocycles. The second kappa shape index (κ2) is 3.08. The molecule has 2 rings (SSSR count). The number of hydrogen-bond acceptors (Lipinski definition) is 3. The second-order valence-corrected chi connectivity index (χ2v) is 6.08. The highest BCUT2D eigenvalue weighted by Gasteiger charge is 2.45. The lowest BCUT2D eigenvalue weighted by Gasteiger charge is -2.20. The predicted octanol–water partition coefficient (Wildman–Crippen LogP) is -0.182. The summed E-state index contributed by atoms with van der Waals surface area (Å²) in [6, 6.07) is -0.0921. The molecular formula is C9H13NO3S. The Balaban J connectivity index is 2.20. The van der Waals surface area contributed by atoms with Crippen molar-refractivity contribution in [1.29, 1.82) is 0 Å². The van der Waals surface area contributed by atoms with Gasteiger partial charge in [-0.05, 0) is 18.4 Å². The molecule has 0 bridgehead atoms. The van der Waals surface area contributed by atoms with Crippen molar-refractivity contribution in [2.45, 2.75) is 12.5 Å². The first kappa shape index (κ1) is 9.71. The number of hydrogen-bond donors (Lipinski definition) is 0. The van der Waals surface area contributed by atoms with Gasteiger partial charge in [0.25, 0.3) is 0 Å². The normalized spacial score (nSPS) is 34.1. The molecular weight excluding hydrogens is 202 g/mol. The van der Waals surface area contributed by atoms with Crippen molar-refractivity contribution in [3.63, 3.8) is 0 Å². The second-order valence-electron chi connectivity index (χ2n) is 3.93. The molecule has 0 N–H and O–H groups in total. The van der Waals surface area contributed by atoms with Crippen molar-refractivity contribution < 1.29 is 13.2 Å². The third-order valence-electron chi connectivity index (χ3n) is 3.04. The Bertz CT molecular complexity index is 374. The van der Waals surface area contributed by atoms with Crippen LogP contribution in [0.15, 0.2) is 12.7 Å². The van der Waals surface area contributed by atoms with Crippen molar-refractivity contribution >= 4 is 15.7 Å². The first-order chi connectivity index (χ1) is 6.53. The third kappa shape index (κ3) is 1.45. The lowest BCUT2D eigenvalue weighted by atomic mass is 10.1. The molecule has 2 heterocycles. The largest absolute Gasteiger partial charge is 0.335 e. The Morgan fingerprint density at radius 1 is 1.43 bits per heavy atom. The van der Waals surface area contributed by atoms with E-state index in [9.17, 15) is 13.2 Å². The van der Waals surface area contributed by atoms with Gasteiger partial charge in [-0.2, -0.15) is 0 Å². The van der Waals surface area contributed by atoms with Crippen molar-refractivity contribution in [2.24, 2.45) is 5.92 Å². The fraction of sp³-hybridized carbons (Fsp3) is 0.667. The van der Waals surface area contributed by atoms with Crippen LogP contribution >= 0.6 is 0 Å². The van der Waals surface area contributed by atoms with Gasteiger partial charge in [0.2, 0.25) is 5.91 Å². The van der Waals surface area contributed by atoms with Crippen LogP contribution in [-0.4, -0.2) is 43.3 Å². The van der Waals surface area contributed by atoms with E-state index in [-0.39, 0.29) is 29.4 Å². The summed E-state index contributed by atoms with van der Waals surface area (Å²) in [5, 5.41) is 0. The van der Waals surface area contributed by atoms with Crippen LogP contribution in [0.3, 0.4) is 0 Å². The molecule has 2 aliphatic heterocycles. The highest BCUT2D eigenvalue weighted by Crippen LogP contribution is 2.32. The molecule has 0 aromatic carbocycles. The minimum absolute atomic E-state index is 0.0921. The molecule has 2 atom stereocenters. The molecule has 0 radical (unpaired) electrons. The number of carbonyl (C=O) groups is 1. The van der Waals surface area contributed by atoms with Crippen LogP contribution in [0.4, 0.5) is 0 Å². The van der Waals surface area contributed by atoms with Gasteiger partial charge < -0.3 is 4.90 Å². The van der Waals surface area contributed by atoms with E-state index in [0.717, 1.165) is 6.42 Å². The van der Waals surface area contributed by atoms with E-state index in [2.05, 4.69) is 6.58 Å². The maximum absolute atomic E-state index is 11.4. The topological polar surface area (TPSA) is 54.5 Å². The Morgan fingerprint density at radius 3 is 2.79 bits per heavy atom. The zero-order chi connectivity index (χ0) is 10.3. The predicted molar refractivity (Wildman–Crippen MR) is 52.5 cm³/mol. The number of fused-ring (bicyclic) bond motifs is 1. The van der Waals surface area contributed by atoms with E-state index in [0.29, 0.717) is 6.54 Å². The van der Waals surface area contributed by atoms with Gasteiger partial charge in [-0.3, -0.25) is 4.79 Å². The standard InChI is InChI=1S/C9H13NO3S/c1-2-9(11)10-4-3-7-5-14(12,13)6-8(7)10/h2,7-8H,1,3-6H2/t7-,8+/m1/s1. The molecule has 4 nitrogen and oxygen atoms in total. The Labute approximate surface area is 83.5 Å². The molecule has 14 heavy (non-hydrogen) atoms. The van der Waals surface area contributed by atoms with Crippen molar-refractivity contribution in [3.05, 3.63) is 12.7 Å². The average molecular weight is 215 g/mol. The molecule has 0 spiro atoms. The Hall–Kier alpha value is -0.840. The number of nitrogens with zero attached hydrogens (tertiary/aromatic N) is 1. The molecule has 2 fully saturated rings. The van der Waals surface area contributed by atoms with Gasteiger partial charge in [0.15, 0.2) is 9.84 Å². The molecule has 5 heteroatoms. The van der Waals surface area contributed by atoms with Gasteiger partial charge in [0.1, 0.15) is 0 Å². The summed E-state index contributed by atoms with van der Waals surface area (Å²) in [5.74, 6) is 0.397. The molecule has 0 aromatic rings. The zero-order valence-corrected chi connectivity index (χ0v) is 8.66. The summed E-state index contributed by atoms with van der Waals surface area (Å²) in [4.78, 5) is 13.0. The summed E-state index contributed by atoms with van der Waals surface area (Å²) in [5.41, 5.74) is 0. The fourth-order valence-corrected chi connectivity index (χ4v) is 4.53. The Morgan fingerprint density at radius 2 is 2.14 bits per heavy atom. The smallest absolute Gasteiger partial charge is 0.246 e. The number of likely N-dealkylation sites (tertiary alicyclic amines) is 1. The van der Waals surface area contributed by atoms with Crippen LogP contribution < -0.4 is 0 Å². The van der Waals surface area contributed by atoms with Crippen LogP contribution in [0.1, 0.15) is 6.42 Å². The average Bonchev–Trinajstić information content (AvgIpc) is 2.58. The van der Waals surface area contributed by atoms with Gasteiger partial charge in [-0.1, -0.05) is 6.58 Å². The molecule has 1 amide bonds. The quantitative estimate of drug-likeness (QED) is 0.570. The van der Waals surface area contributed by atoms with E-state index >= 15 is 0 Å². The minimum atomic E-state index is -2.91. The van der Waals surface area contributed by atoms with Crippen LogP contribution in [0.25, 0.3) is 0 Å². The lowest BCUT2D eigenvalue weighted by Crippen LogP contribution is -2.37. The highest BCUT2D eigenvalue weighted by molar-refractivity contribution is 7.91. The molecule has 0 aliphatic carbocycles. The SMILES string of the molecule is C=CC(=O)N1CC[C@@H]2CS(=O)(=O)C[C@@H]21. The molecule has 78 valence electrons. The minimum Gasteiger partial charge on any atom is -0.335 e. The fourth-order valence-electron chi connectivity index (χ4n) is 2.38. The van der Waals surface area contributed by atoms with E-state index in [4.69, 9.17) is 0 Å². The number of sulfone groups is 1. The van der Waals surface area contributed by atoms with Crippen LogP contribution in [0.2, 0.25) is 0 Å². The number of amides is 1. The van der Waals surface area contributed by atoms with Crippen molar-refractivity contribution in [2.75, 3.05) is 18.1 Å². The summed E-state index contributed by atoms with van der Waals surface area (Å²) < 4.78 is 22.7. The monoisotopic (exact) mass is 215 g/mol. The molecule has 2 aliphatic rings. The van der Waals surface area contributed by atoms with Gasteiger partial charge >= 0.3 is 0 Å². The van der Waals surface area contributed by atoms with Crippen LogP contribution in [-0.2, 0) is 14.6 Å². The zero-order valence-electron chi connectivity index (χ0n) is 7.85.